The van der Waals surface area contributed by atoms with Gasteiger partial charge in [0.1, 0.15) is 138 Å². The van der Waals surface area contributed by atoms with E-state index in [1.54, 1.807) is 0 Å². The molecule has 0 radical (unpaired) electrons. The molecule has 4 aliphatic rings. The Bertz CT molecular complexity index is 2680. The van der Waals surface area contributed by atoms with E-state index in [0.29, 0.717) is 5.56 Å². The summed E-state index contributed by atoms with van der Waals surface area (Å²) in [5.74, 6) is -3.32. The number of aliphatic hydroxyl groups is 15. The second-order valence-electron chi connectivity index (χ2n) is 18.0. The molecular weight excluding hydrogens is 1020 g/mol. The van der Waals surface area contributed by atoms with E-state index in [0.717, 1.165) is 18.2 Å². The number of esters is 1. The Morgan fingerprint density at radius 1 is 0.500 bits per heavy atom. The Balaban J connectivity index is 1.02. The number of aliphatic hydroxyl groups excluding tert-OH is 15. The fourth-order valence-electron chi connectivity index (χ4n) is 8.51. The van der Waals surface area contributed by atoms with E-state index in [9.17, 15) is 91.3 Å². The minimum absolute atomic E-state index is 0.0194. The highest BCUT2D eigenvalue weighted by Gasteiger charge is 2.49. The normalized spacial score (nSPS) is 35.9. The smallest absolute Gasteiger partial charge is 0.330 e. The first-order valence-electron chi connectivity index (χ1n) is 23.4. The first-order chi connectivity index (χ1) is 36.2. The molecule has 4 saturated heterocycles. The molecule has 0 saturated carbocycles. The molecule has 0 amide bonds. The van der Waals surface area contributed by atoms with Crippen LogP contribution in [0.4, 0.5) is 0 Å². The Kier molecular flexibility index (Phi) is 17.8. The molecule has 5 heterocycles. The fourth-order valence-corrected chi connectivity index (χ4v) is 8.51. The van der Waals surface area contributed by atoms with E-state index in [4.69, 9.17) is 47.0 Å². The van der Waals surface area contributed by atoms with Crippen molar-refractivity contribution in [3.05, 3.63) is 82.5 Å². The zero-order chi connectivity index (χ0) is 54.9. The lowest BCUT2D eigenvalue weighted by molar-refractivity contribution is -0.278. The van der Waals surface area contributed by atoms with Gasteiger partial charge in [-0.2, -0.15) is 0 Å². The SMILES string of the molecule is O=C(/C=C/c1ccc(O[C@@H]2OC(CO)[C@H](O)C(O)C2O)cc1)OCC1O[C@@H](Oc2c(-c3ccc(O[C@@H]4OC(CO)[C@H](O)C(O)C4O)cc3)oc3cc(O[C@@H]4OC(CO)[C@H](O)[C@H](O)C4O)cc(O)c3c2=O)C(O)C(O)[C@H]1O. The van der Waals surface area contributed by atoms with Crippen molar-refractivity contribution in [2.24, 2.45) is 0 Å². The standard InChI is InChI=1S/C48H56O28/c49-13-24-30(54)35(59)39(63)45(72-24)68-19-6-1-17(2-7-19)3-10-28(53)67-16-27-33(57)38(62)42(66)48(75-27)76-44-34(58)29-22(52)11-21(70-47-41(65)37(61)32(56)26(15-51)74-47)12-23(29)71-43(44)18-4-8-20(9-5-18)69-46-40(64)36(60)31(55)25(14-50)73-46/h1-12,24-27,30-33,35-42,45-52,54-57,59-66H,13-16H2/b10-3+/t24?,25?,26?,27?,30-,31-,32-,33-,35?,36?,37-,38?,39?,40?,41?,42?,45+,46+,47+,48-/m0/s1. The number of rotatable bonds is 16. The van der Waals surface area contributed by atoms with Crippen molar-refractivity contribution in [1.82, 2.24) is 0 Å². The minimum Gasteiger partial charge on any atom is -0.507 e. The van der Waals surface area contributed by atoms with Crippen LogP contribution in [0, 0.1) is 0 Å². The number of hydrogen-bond donors (Lipinski definition) is 16. The number of carbonyl (C=O) groups is 1. The summed E-state index contributed by atoms with van der Waals surface area (Å²) >= 11 is 0. The van der Waals surface area contributed by atoms with E-state index in [-0.39, 0.29) is 22.8 Å². The summed E-state index contributed by atoms with van der Waals surface area (Å²) in [5, 5.41) is 165. The van der Waals surface area contributed by atoms with Gasteiger partial charge >= 0.3 is 5.97 Å². The highest BCUT2D eigenvalue weighted by molar-refractivity contribution is 5.88. The molecule has 4 aromatic rings. The monoisotopic (exact) mass is 1080 g/mol. The van der Waals surface area contributed by atoms with Crippen LogP contribution in [0.1, 0.15) is 5.56 Å². The number of ether oxygens (including phenoxy) is 9. The summed E-state index contributed by atoms with van der Waals surface area (Å²) in [6.45, 7) is -2.97. The van der Waals surface area contributed by atoms with Crippen LogP contribution in [0.5, 0.6) is 28.7 Å². The zero-order valence-electron chi connectivity index (χ0n) is 39.4. The third-order valence-electron chi connectivity index (χ3n) is 12.9. The van der Waals surface area contributed by atoms with Gasteiger partial charge in [-0.25, -0.2) is 4.79 Å². The molecule has 4 aliphatic heterocycles. The maximum Gasteiger partial charge on any atom is 0.330 e. The summed E-state index contributed by atoms with van der Waals surface area (Å²) < 4.78 is 56.1. The van der Waals surface area contributed by atoms with Gasteiger partial charge in [0.05, 0.1) is 19.8 Å². The molecule has 20 atom stereocenters. The van der Waals surface area contributed by atoms with Crippen LogP contribution in [-0.4, -0.2) is 237 Å². The van der Waals surface area contributed by atoms with Gasteiger partial charge in [0.2, 0.25) is 36.3 Å². The van der Waals surface area contributed by atoms with Gasteiger partial charge in [-0.3, -0.25) is 4.79 Å². The highest BCUT2D eigenvalue weighted by Crippen LogP contribution is 2.39. The molecule has 28 nitrogen and oxygen atoms in total. The number of phenols is 1. The van der Waals surface area contributed by atoms with Crippen LogP contribution in [0.25, 0.3) is 28.4 Å². The summed E-state index contributed by atoms with van der Waals surface area (Å²) in [6, 6.07) is 12.9. The lowest BCUT2D eigenvalue weighted by Crippen LogP contribution is -2.60. The summed E-state index contributed by atoms with van der Waals surface area (Å²) in [6.07, 6.45) is -31.8. The van der Waals surface area contributed by atoms with Crippen LogP contribution in [0.3, 0.4) is 0 Å². The molecule has 1 aromatic heterocycles. The third kappa shape index (κ3) is 11.8. The Morgan fingerprint density at radius 2 is 0.908 bits per heavy atom. The highest BCUT2D eigenvalue weighted by atomic mass is 16.7. The minimum atomic E-state index is -2.12. The van der Waals surface area contributed by atoms with Crippen LogP contribution >= 0.6 is 0 Å². The van der Waals surface area contributed by atoms with E-state index in [1.165, 1.54) is 54.6 Å². The van der Waals surface area contributed by atoms with Crippen LogP contribution in [0.15, 0.2) is 76.0 Å². The lowest BCUT2D eigenvalue weighted by atomic mass is 9.99. The number of fused-ring (bicyclic) bond motifs is 1. The first-order valence-corrected chi connectivity index (χ1v) is 23.4. The van der Waals surface area contributed by atoms with Gasteiger partial charge in [0.25, 0.3) is 0 Å². The molecule has 0 spiro atoms. The Morgan fingerprint density at radius 3 is 1.37 bits per heavy atom. The van der Waals surface area contributed by atoms with Gasteiger partial charge in [0, 0.05) is 23.8 Å². The average molecular weight is 1080 g/mol. The number of carbonyl (C=O) groups excluding carboxylic acids is 1. The van der Waals surface area contributed by atoms with Crippen LogP contribution < -0.4 is 24.4 Å². The predicted octanol–water partition coefficient (Wildman–Crippen LogP) is -5.86. The van der Waals surface area contributed by atoms with E-state index in [1.807, 2.05) is 0 Å². The van der Waals surface area contributed by atoms with Crippen molar-refractivity contribution >= 4 is 23.0 Å². The van der Waals surface area contributed by atoms with Gasteiger partial charge < -0.3 is 129 Å². The van der Waals surface area contributed by atoms with Crippen molar-refractivity contribution in [2.75, 3.05) is 26.4 Å². The molecule has 0 aliphatic carbocycles. The Hall–Kier alpha value is -5.68. The molecule has 16 N–H and O–H groups in total. The van der Waals surface area contributed by atoms with Crippen LogP contribution in [-0.2, 0) is 28.5 Å². The molecule has 11 unspecified atom stereocenters. The molecular formula is C48H56O28. The number of benzene rings is 3. The molecule has 76 heavy (non-hydrogen) atoms. The van der Waals surface area contributed by atoms with Gasteiger partial charge in [0.15, 0.2) is 5.76 Å². The molecule has 4 fully saturated rings. The summed E-state index contributed by atoms with van der Waals surface area (Å²) in [4.78, 5) is 27.3. The van der Waals surface area contributed by atoms with E-state index in [2.05, 4.69) is 0 Å². The molecule has 0 bridgehead atoms. The van der Waals surface area contributed by atoms with Crippen molar-refractivity contribution in [2.45, 2.75) is 123 Å². The lowest BCUT2D eigenvalue weighted by Gasteiger charge is -2.39. The molecule has 8 rings (SSSR count). The van der Waals surface area contributed by atoms with Gasteiger partial charge in [-0.15, -0.1) is 0 Å². The van der Waals surface area contributed by atoms with Gasteiger partial charge in [-0.05, 0) is 48.0 Å². The zero-order valence-corrected chi connectivity index (χ0v) is 39.4. The van der Waals surface area contributed by atoms with E-state index < -0.39 is 189 Å². The second-order valence-corrected chi connectivity index (χ2v) is 18.0. The molecule has 28 heteroatoms. The van der Waals surface area contributed by atoms with Crippen molar-refractivity contribution in [3.63, 3.8) is 0 Å². The topological polar surface area (TPSA) is 454 Å². The predicted molar refractivity (Wildman–Crippen MR) is 247 cm³/mol. The van der Waals surface area contributed by atoms with Gasteiger partial charge in [-0.1, -0.05) is 12.1 Å². The second kappa shape index (κ2) is 23.9. The quantitative estimate of drug-likeness (QED) is 0.0367. The first kappa shape index (κ1) is 56.5. The summed E-state index contributed by atoms with van der Waals surface area (Å²) in [7, 11) is 0. The fraction of sp³-hybridized carbons (Fsp3) is 0.500. The number of aromatic hydroxyl groups is 1. The Labute approximate surface area is 427 Å². The summed E-state index contributed by atoms with van der Waals surface area (Å²) in [5.41, 5.74) is -1.17. The van der Waals surface area contributed by atoms with Crippen molar-refractivity contribution in [1.29, 1.82) is 0 Å². The maximum atomic E-state index is 14.5. The molecule has 3 aromatic carbocycles. The van der Waals surface area contributed by atoms with E-state index >= 15 is 0 Å². The number of phenolic OH excluding ortho intramolecular Hbond substituents is 1. The number of hydrogen-bond acceptors (Lipinski definition) is 28. The third-order valence-corrected chi connectivity index (χ3v) is 12.9. The van der Waals surface area contributed by atoms with Crippen LogP contribution in [0.2, 0.25) is 0 Å². The average Bonchev–Trinajstić information content (AvgIpc) is 3.43. The van der Waals surface area contributed by atoms with Crippen molar-refractivity contribution < 1.29 is 134 Å². The largest absolute Gasteiger partial charge is 0.507 e. The maximum absolute atomic E-state index is 14.5. The molecule has 416 valence electrons. The van der Waals surface area contributed by atoms with Crippen molar-refractivity contribution in [3.8, 4) is 40.1 Å².